The predicted molar refractivity (Wildman–Crippen MR) is 95.6 cm³/mol. The highest BCUT2D eigenvalue weighted by atomic mass is 32.1. The molecule has 0 aliphatic carbocycles. The highest BCUT2D eigenvalue weighted by molar-refractivity contribution is 7.18. The molecule has 0 unspecified atom stereocenters. The summed E-state index contributed by atoms with van der Waals surface area (Å²) in [4.78, 5) is 18.6. The number of hydrogen-bond donors (Lipinski definition) is 0. The van der Waals surface area contributed by atoms with Crippen molar-refractivity contribution in [1.82, 2.24) is 9.88 Å². The Morgan fingerprint density at radius 1 is 1.21 bits per heavy atom. The average Bonchev–Trinajstić information content (AvgIpc) is 3.03. The summed E-state index contributed by atoms with van der Waals surface area (Å²) in [6, 6.07) is 17.4. The Bertz CT molecular complexity index is 860. The van der Waals surface area contributed by atoms with Crippen LogP contribution in [-0.4, -0.2) is 22.8 Å². The molecule has 24 heavy (non-hydrogen) atoms. The molecule has 1 amide bonds. The van der Waals surface area contributed by atoms with Crippen LogP contribution in [0.4, 0.5) is 0 Å². The number of nitrogens with zero attached hydrogens (tertiary/aromatic N) is 3. The number of nitriles is 1. The first-order chi connectivity index (χ1) is 11.7. The number of thiazole rings is 1. The third kappa shape index (κ3) is 3.79. The van der Waals surface area contributed by atoms with Gasteiger partial charge in [-0.15, -0.1) is 11.3 Å². The zero-order valence-electron chi connectivity index (χ0n) is 13.4. The summed E-state index contributed by atoms with van der Waals surface area (Å²) in [6.45, 7) is 0.546. The number of aromatic nitrogens is 1. The van der Waals surface area contributed by atoms with Gasteiger partial charge < -0.3 is 4.90 Å². The second kappa shape index (κ2) is 7.24. The molecule has 0 saturated heterocycles. The summed E-state index contributed by atoms with van der Waals surface area (Å²) in [5.41, 5.74) is 2.64. The molecule has 1 aromatic heterocycles. The number of hydrogen-bond acceptors (Lipinski definition) is 4. The minimum atomic E-state index is 0.0959. The molecular weight excluding hydrogens is 318 g/mol. The lowest BCUT2D eigenvalue weighted by atomic mass is 10.1. The topological polar surface area (TPSA) is 57.0 Å². The van der Waals surface area contributed by atoms with E-state index in [9.17, 15) is 4.79 Å². The lowest BCUT2D eigenvalue weighted by Gasteiger charge is -2.17. The van der Waals surface area contributed by atoms with Crippen molar-refractivity contribution in [2.24, 2.45) is 0 Å². The van der Waals surface area contributed by atoms with Gasteiger partial charge in [-0.1, -0.05) is 24.3 Å². The summed E-state index contributed by atoms with van der Waals surface area (Å²) < 4.78 is 1.16. The van der Waals surface area contributed by atoms with Gasteiger partial charge in [-0.3, -0.25) is 4.79 Å². The minimum absolute atomic E-state index is 0.0959. The van der Waals surface area contributed by atoms with Crippen molar-refractivity contribution in [3.8, 4) is 6.07 Å². The standard InChI is InChI=1S/C19H17N3OS/c1-22(13-15-8-6-14(12-20)7-9-15)19(23)11-10-18-21-16-4-2-3-5-17(16)24-18/h2-9H,10-11,13H2,1H3. The maximum atomic E-state index is 12.3. The molecule has 2 aromatic carbocycles. The van der Waals surface area contributed by atoms with Crippen LogP contribution in [0, 0.1) is 11.3 Å². The van der Waals surface area contributed by atoms with Gasteiger partial charge in [0.2, 0.25) is 5.91 Å². The fourth-order valence-electron chi connectivity index (χ4n) is 2.48. The van der Waals surface area contributed by atoms with E-state index in [4.69, 9.17) is 5.26 Å². The Hall–Kier alpha value is -2.71. The maximum absolute atomic E-state index is 12.3. The minimum Gasteiger partial charge on any atom is -0.341 e. The van der Waals surface area contributed by atoms with Gasteiger partial charge >= 0.3 is 0 Å². The molecule has 0 saturated carbocycles. The Labute approximate surface area is 145 Å². The number of amides is 1. The van der Waals surface area contributed by atoms with E-state index >= 15 is 0 Å². The zero-order valence-corrected chi connectivity index (χ0v) is 14.2. The molecule has 3 rings (SSSR count). The SMILES string of the molecule is CN(Cc1ccc(C#N)cc1)C(=O)CCc1nc2ccccc2s1. The fourth-order valence-corrected chi connectivity index (χ4v) is 3.45. The summed E-state index contributed by atoms with van der Waals surface area (Å²) in [5, 5.41) is 9.81. The third-order valence-electron chi connectivity index (χ3n) is 3.82. The molecule has 4 nitrogen and oxygen atoms in total. The van der Waals surface area contributed by atoms with Crippen molar-refractivity contribution >= 4 is 27.5 Å². The summed E-state index contributed by atoms with van der Waals surface area (Å²) >= 11 is 1.65. The Morgan fingerprint density at radius 3 is 2.67 bits per heavy atom. The molecule has 0 spiro atoms. The molecule has 1 heterocycles. The number of carbonyl (C=O) groups excluding carboxylic acids is 1. The number of rotatable bonds is 5. The van der Waals surface area contributed by atoms with E-state index < -0.39 is 0 Å². The average molecular weight is 335 g/mol. The summed E-state index contributed by atoms with van der Waals surface area (Å²) in [5.74, 6) is 0.0959. The molecule has 0 fully saturated rings. The first-order valence-electron chi connectivity index (χ1n) is 7.73. The van der Waals surface area contributed by atoms with Crippen LogP contribution in [0.15, 0.2) is 48.5 Å². The van der Waals surface area contributed by atoms with Crippen molar-refractivity contribution in [2.45, 2.75) is 19.4 Å². The molecule has 120 valence electrons. The van der Waals surface area contributed by atoms with Gasteiger partial charge in [0.1, 0.15) is 0 Å². The van der Waals surface area contributed by atoms with Crippen LogP contribution in [0.2, 0.25) is 0 Å². The lowest BCUT2D eigenvalue weighted by Crippen LogP contribution is -2.26. The fraction of sp³-hybridized carbons (Fsp3) is 0.211. The van der Waals surface area contributed by atoms with Gasteiger partial charge in [0.15, 0.2) is 0 Å². The van der Waals surface area contributed by atoms with E-state index in [0.717, 1.165) is 20.8 Å². The molecule has 0 aliphatic rings. The molecule has 0 radical (unpaired) electrons. The Balaban J connectivity index is 1.56. The number of benzene rings is 2. The maximum Gasteiger partial charge on any atom is 0.223 e. The van der Waals surface area contributed by atoms with E-state index in [0.29, 0.717) is 24.9 Å². The third-order valence-corrected chi connectivity index (χ3v) is 4.92. The van der Waals surface area contributed by atoms with E-state index in [1.165, 1.54) is 0 Å². The largest absolute Gasteiger partial charge is 0.341 e. The molecule has 0 aliphatic heterocycles. The molecule has 0 N–H and O–H groups in total. The van der Waals surface area contributed by atoms with Gasteiger partial charge in [0.05, 0.1) is 26.9 Å². The smallest absolute Gasteiger partial charge is 0.223 e. The van der Waals surface area contributed by atoms with Gasteiger partial charge in [0, 0.05) is 26.4 Å². The molecule has 0 atom stereocenters. The van der Waals surface area contributed by atoms with E-state index in [2.05, 4.69) is 17.1 Å². The lowest BCUT2D eigenvalue weighted by molar-refractivity contribution is -0.130. The normalized spacial score (nSPS) is 10.5. The number of carbonyl (C=O) groups is 1. The van der Waals surface area contributed by atoms with E-state index in [1.807, 2.05) is 30.3 Å². The van der Waals surface area contributed by atoms with Crippen LogP contribution in [-0.2, 0) is 17.8 Å². The summed E-state index contributed by atoms with van der Waals surface area (Å²) in [7, 11) is 1.80. The number of para-hydroxylation sites is 1. The monoisotopic (exact) mass is 335 g/mol. The molecule has 3 aromatic rings. The predicted octanol–water partition coefficient (Wildman–Crippen LogP) is 3.76. The van der Waals surface area contributed by atoms with Crippen LogP contribution in [0.3, 0.4) is 0 Å². The van der Waals surface area contributed by atoms with Gasteiger partial charge in [-0.05, 0) is 29.8 Å². The van der Waals surface area contributed by atoms with Crippen molar-refractivity contribution < 1.29 is 4.79 Å². The molecule has 0 bridgehead atoms. The second-order valence-corrected chi connectivity index (χ2v) is 6.75. The zero-order chi connectivity index (χ0) is 16.9. The highest BCUT2D eigenvalue weighted by Crippen LogP contribution is 2.22. The van der Waals surface area contributed by atoms with Crippen molar-refractivity contribution in [2.75, 3.05) is 7.05 Å². The quantitative estimate of drug-likeness (QED) is 0.713. The Morgan fingerprint density at radius 2 is 1.96 bits per heavy atom. The van der Waals surface area contributed by atoms with E-state index in [-0.39, 0.29) is 5.91 Å². The number of fused-ring (bicyclic) bond motifs is 1. The van der Waals surface area contributed by atoms with Gasteiger partial charge in [-0.25, -0.2) is 4.98 Å². The van der Waals surface area contributed by atoms with E-state index in [1.54, 1.807) is 35.4 Å². The van der Waals surface area contributed by atoms with Crippen LogP contribution < -0.4 is 0 Å². The second-order valence-electron chi connectivity index (χ2n) is 5.63. The van der Waals surface area contributed by atoms with Crippen molar-refractivity contribution in [3.63, 3.8) is 0 Å². The van der Waals surface area contributed by atoms with Crippen molar-refractivity contribution in [3.05, 3.63) is 64.7 Å². The van der Waals surface area contributed by atoms with Crippen LogP contribution >= 0.6 is 11.3 Å². The Kier molecular flexibility index (Phi) is 4.88. The van der Waals surface area contributed by atoms with Crippen LogP contribution in [0.1, 0.15) is 22.6 Å². The first-order valence-corrected chi connectivity index (χ1v) is 8.55. The van der Waals surface area contributed by atoms with Gasteiger partial charge in [-0.2, -0.15) is 5.26 Å². The van der Waals surface area contributed by atoms with Crippen LogP contribution in [0.25, 0.3) is 10.2 Å². The van der Waals surface area contributed by atoms with Crippen molar-refractivity contribution in [1.29, 1.82) is 5.26 Å². The van der Waals surface area contributed by atoms with Crippen LogP contribution in [0.5, 0.6) is 0 Å². The molecular formula is C19H17N3OS. The highest BCUT2D eigenvalue weighted by Gasteiger charge is 2.11. The summed E-state index contributed by atoms with van der Waals surface area (Å²) in [6.07, 6.45) is 1.11. The van der Waals surface area contributed by atoms with Gasteiger partial charge in [0.25, 0.3) is 0 Å². The first kappa shape index (κ1) is 16.2. The number of aryl methyl sites for hydroxylation is 1. The molecule has 5 heteroatoms.